The Balaban J connectivity index is 2.04. The number of nitrogens with zero attached hydrogens (tertiary/aromatic N) is 1. The predicted octanol–water partition coefficient (Wildman–Crippen LogP) is 5.24. The number of methoxy groups -OCH3 is 1. The van der Waals surface area contributed by atoms with Crippen LogP contribution in [0.1, 0.15) is 56.7 Å². The number of amides is 1. The molecule has 0 radical (unpaired) electrons. The second-order valence-electron chi connectivity index (χ2n) is 7.96. The number of ether oxygens (including phenoxy) is 2. The highest BCUT2D eigenvalue weighted by molar-refractivity contribution is 6.46. The topological polar surface area (TPSA) is 76.1 Å². The van der Waals surface area contributed by atoms with Gasteiger partial charge in [0.2, 0.25) is 0 Å². The van der Waals surface area contributed by atoms with Gasteiger partial charge in [0.25, 0.3) is 11.7 Å². The highest BCUT2D eigenvalue weighted by atomic mass is 19.1. The normalized spacial score (nSPS) is 17.5. The monoisotopic (exact) mass is 455 g/mol. The summed E-state index contributed by atoms with van der Waals surface area (Å²) in [7, 11) is 1.39. The highest BCUT2D eigenvalue weighted by Gasteiger charge is 2.46. The molecule has 1 amide bonds. The van der Waals surface area contributed by atoms with Gasteiger partial charge in [-0.25, -0.2) is 4.39 Å². The van der Waals surface area contributed by atoms with Crippen molar-refractivity contribution < 1.29 is 28.6 Å². The molecule has 1 N–H and O–H groups in total. The summed E-state index contributed by atoms with van der Waals surface area (Å²) in [5.41, 5.74) is 0.585. The van der Waals surface area contributed by atoms with Gasteiger partial charge in [-0.1, -0.05) is 38.8 Å². The molecule has 33 heavy (non-hydrogen) atoms. The molecular formula is C26H30FNO5. The summed E-state index contributed by atoms with van der Waals surface area (Å²) < 4.78 is 25.0. The van der Waals surface area contributed by atoms with E-state index in [0.29, 0.717) is 30.9 Å². The zero-order chi connectivity index (χ0) is 24.0. The predicted molar refractivity (Wildman–Crippen MR) is 124 cm³/mol. The van der Waals surface area contributed by atoms with E-state index in [4.69, 9.17) is 9.47 Å². The largest absolute Gasteiger partial charge is 0.507 e. The van der Waals surface area contributed by atoms with Crippen molar-refractivity contribution in [1.82, 2.24) is 4.90 Å². The number of unbranched alkanes of at least 4 members (excludes halogenated alkanes) is 2. The van der Waals surface area contributed by atoms with Crippen LogP contribution in [-0.2, 0) is 9.59 Å². The number of halogens is 1. The fraction of sp³-hybridized carbons (Fsp3) is 0.385. The standard InChI is InChI=1S/C26H30FNO5/c1-4-6-7-15-33-19-11-8-17(9-12-19)23-22(25(30)26(31)28(23)14-5-2)24(29)20-16-18(27)10-13-21(20)32-3/h8-13,16,23,29H,4-7,14-15H2,1-3H3/b24-22+. The summed E-state index contributed by atoms with van der Waals surface area (Å²) in [6.45, 7) is 4.97. The molecule has 0 saturated carbocycles. The average molecular weight is 456 g/mol. The molecule has 0 aliphatic carbocycles. The second kappa shape index (κ2) is 11.0. The third kappa shape index (κ3) is 5.18. The second-order valence-corrected chi connectivity index (χ2v) is 7.96. The lowest BCUT2D eigenvalue weighted by atomic mass is 9.95. The van der Waals surface area contributed by atoms with Crippen LogP contribution in [0.15, 0.2) is 48.0 Å². The number of rotatable bonds is 10. The van der Waals surface area contributed by atoms with Crippen LogP contribution in [0.5, 0.6) is 11.5 Å². The van der Waals surface area contributed by atoms with Crippen molar-refractivity contribution in [2.24, 2.45) is 0 Å². The van der Waals surface area contributed by atoms with Crippen molar-refractivity contribution in [3.05, 3.63) is 65.0 Å². The molecule has 3 rings (SSSR count). The molecule has 6 nitrogen and oxygen atoms in total. The van der Waals surface area contributed by atoms with E-state index < -0.39 is 29.3 Å². The number of aliphatic hydroxyl groups excluding tert-OH is 1. The van der Waals surface area contributed by atoms with Gasteiger partial charge < -0.3 is 19.5 Å². The molecule has 7 heteroatoms. The number of carbonyl (C=O) groups excluding carboxylic acids is 2. The van der Waals surface area contributed by atoms with E-state index in [0.717, 1.165) is 25.3 Å². The molecule has 1 fully saturated rings. The van der Waals surface area contributed by atoms with E-state index in [2.05, 4.69) is 6.92 Å². The maximum absolute atomic E-state index is 14.0. The summed E-state index contributed by atoms with van der Waals surface area (Å²) in [6.07, 6.45) is 3.79. The molecule has 2 aromatic carbocycles. The van der Waals surface area contributed by atoms with Gasteiger partial charge in [0.15, 0.2) is 0 Å². The minimum absolute atomic E-state index is 0.0212. The van der Waals surface area contributed by atoms with E-state index in [9.17, 15) is 19.1 Å². The SMILES string of the molecule is CCCCCOc1ccc(C2/C(=C(\O)c3cc(F)ccc3OC)C(=O)C(=O)N2CCC)cc1. The lowest BCUT2D eigenvalue weighted by Crippen LogP contribution is -2.30. The van der Waals surface area contributed by atoms with Crippen LogP contribution in [0.4, 0.5) is 4.39 Å². The number of ketones is 1. The van der Waals surface area contributed by atoms with Crippen molar-refractivity contribution in [2.75, 3.05) is 20.3 Å². The highest BCUT2D eigenvalue weighted by Crippen LogP contribution is 2.41. The Bertz CT molecular complexity index is 1030. The summed E-state index contributed by atoms with van der Waals surface area (Å²) in [5, 5.41) is 11.1. The summed E-state index contributed by atoms with van der Waals surface area (Å²) in [6, 6.07) is 9.99. The lowest BCUT2D eigenvalue weighted by molar-refractivity contribution is -0.139. The first-order chi connectivity index (χ1) is 15.9. The van der Waals surface area contributed by atoms with E-state index in [-0.39, 0.29) is 16.9 Å². The Hall–Kier alpha value is -3.35. The molecule has 1 atom stereocenters. The van der Waals surface area contributed by atoms with Crippen LogP contribution in [0.2, 0.25) is 0 Å². The zero-order valence-electron chi connectivity index (χ0n) is 19.3. The number of aliphatic hydroxyl groups is 1. The van der Waals surface area contributed by atoms with Crippen molar-refractivity contribution in [3.63, 3.8) is 0 Å². The van der Waals surface area contributed by atoms with Crippen LogP contribution >= 0.6 is 0 Å². The zero-order valence-corrected chi connectivity index (χ0v) is 19.3. The number of hydrogen-bond donors (Lipinski definition) is 1. The maximum Gasteiger partial charge on any atom is 0.295 e. The number of Topliss-reactive ketones (excluding diaryl/α,β-unsaturated/α-hetero) is 1. The molecule has 0 bridgehead atoms. The molecule has 1 heterocycles. The van der Waals surface area contributed by atoms with E-state index in [1.165, 1.54) is 24.1 Å². The van der Waals surface area contributed by atoms with Gasteiger partial charge in [-0.15, -0.1) is 0 Å². The Morgan fingerprint density at radius 3 is 2.42 bits per heavy atom. The van der Waals surface area contributed by atoms with Crippen molar-refractivity contribution in [3.8, 4) is 11.5 Å². The Labute approximate surface area is 193 Å². The Morgan fingerprint density at radius 2 is 1.79 bits per heavy atom. The number of likely N-dealkylation sites (tertiary alicyclic amines) is 1. The number of hydrogen-bond acceptors (Lipinski definition) is 5. The van der Waals surface area contributed by atoms with Crippen molar-refractivity contribution >= 4 is 17.4 Å². The van der Waals surface area contributed by atoms with E-state index >= 15 is 0 Å². The Kier molecular flexibility index (Phi) is 8.09. The summed E-state index contributed by atoms with van der Waals surface area (Å²) in [5.74, 6) is -1.68. The molecule has 1 aliphatic heterocycles. The van der Waals surface area contributed by atoms with Gasteiger partial charge in [-0.2, -0.15) is 0 Å². The van der Waals surface area contributed by atoms with Gasteiger partial charge in [0, 0.05) is 6.54 Å². The third-order valence-corrected chi connectivity index (χ3v) is 5.63. The van der Waals surface area contributed by atoms with Crippen LogP contribution in [-0.4, -0.2) is 42.0 Å². The van der Waals surface area contributed by atoms with Crippen LogP contribution in [0.3, 0.4) is 0 Å². The number of benzene rings is 2. The van der Waals surface area contributed by atoms with Gasteiger partial charge in [0.05, 0.1) is 30.9 Å². The minimum Gasteiger partial charge on any atom is -0.507 e. The van der Waals surface area contributed by atoms with Crippen LogP contribution < -0.4 is 9.47 Å². The van der Waals surface area contributed by atoms with Gasteiger partial charge in [0.1, 0.15) is 23.1 Å². The van der Waals surface area contributed by atoms with E-state index in [1.54, 1.807) is 24.3 Å². The van der Waals surface area contributed by atoms with Gasteiger partial charge in [-0.05, 0) is 48.7 Å². The first-order valence-corrected chi connectivity index (χ1v) is 11.3. The molecule has 0 spiro atoms. The smallest absolute Gasteiger partial charge is 0.295 e. The minimum atomic E-state index is -0.808. The summed E-state index contributed by atoms with van der Waals surface area (Å²) in [4.78, 5) is 27.2. The summed E-state index contributed by atoms with van der Waals surface area (Å²) >= 11 is 0. The molecule has 0 aromatic heterocycles. The molecular weight excluding hydrogens is 425 g/mol. The van der Waals surface area contributed by atoms with Crippen molar-refractivity contribution in [2.45, 2.75) is 45.6 Å². The third-order valence-electron chi connectivity index (χ3n) is 5.63. The van der Waals surface area contributed by atoms with E-state index in [1.807, 2.05) is 6.92 Å². The first kappa shape index (κ1) is 24.3. The van der Waals surface area contributed by atoms with Crippen LogP contribution in [0.25, 0.3) is 5.76 Å². The number of carbonyl (C=O) groups is 2. The molecule has 1 unspecified atom stereocenters. The molecule has 176 valence electrons. The van der Waals surface area contributed by atoms with Crippen LogP contribution in [0, 0.1) is 5.82 Å². The molecule has 2 aromatic rings. The fourth-order valence-corrected chi connectivity index (χ4v) is 4.00. The first-order valence-electron chi connectivity index (χ1n) is 11.3. The lowest BCUT2D eigenvalue weighted by Gasteiger charge is -2.25. The fourth-order valence-electron chi connectivity index (χ4n) is 4.00. The quantitative estimate of drug-likeness (QED) is 0.230. The van der Waals surface area contributed by atoms with Gasteiger partial charge >= 0.3 is 0 Å². The van der Waals surface area contributed by atoms with Crippen molar-refractivity contribution in [1.29, 1.82) is 0 Å². The maximum atomic E-state index is 14.0. The van der Waals surface area contributed by atoms with Gasteiger partial charge in [-0.3, -0.25) is 9.59 Å². The molecule has 1 saturated heterocycles. The Morgan fingerprint density at radius 1 is 1.06 bits per heavy atom. The molecule has 1 aliphatic rings. The average Bonchev–Trinajstić information content (AvgIpc) is 3.07.